The number of nitrogens with two attached hydrogens (primary N) is 1. The van der Waals surface area contributed by atoms with Gasteiger partial charge in [0.05, 0.1) is 29.2 Å². The maximum absolute atomic E-state index is 12.8. The van der Waals surface area contributed by atoms with Crippen molar-refractivity contribution < 1.29 is 13.2 Å². The van der Waals surface area contributed by atoms with Gasteiger partial charge in [-0.2, -0.15) is 10.2 Å². The van der Waals surface area contributed by atoms with Crippen LogP contribution in [0.15, 0.2) is 60.0 Å². The highest BCUT2D eigenvalue weighted by Gasteiger charge is 2.18. The fourth-order valence-electron chi connectivity index (χ4n) is 2.76. The summed E-state index contributed by atoms with van der Waals surface area (Å²) in [6, 6.07) is 8.15. The van der Waals surface area contributed by atoms with Crippen LogP contribution in [-0.2, 0) is 17.1 Å². The first-order valence-corrected chi connectivity index (χ1v) is 9.58. The van der Waals surface area contributed by atoms with Gasteiger partial charge >= 0.3 is 0 Å². The van der Waals surface area contributed by atoms with E-state index in [1.54, 1.807) is 30.1 Å². The monoisotopic (exact) mass is 397 g/mol. The Hall–Kier alpha value is -3.73. The van der Waals surface area contributed by atoms with Crippen molar-refractivity contribution in [1.82, 2.24) is 24.5 Å². The number of nitrogens with zero attached hydrogens (tertiary/aromatic N) is 5. The van der Waals surface area contributed by atoms with Crippen LogP contribution >= 0.6 is 0 Å². The topological polar surface area (TPSA) is 138 Å². The van der Waals surface area contributed by atoms with Crippen LogP contribution in [0.3, 0.4) is 0 Å². The van der Waals surface area contributed by atoms with E-state index in [4.69, 9.17) is 5.73 Å². The van der Waals surface area contributed by atoms with Gasteiger partial charge in [-0.3, -0.25) is 14.2 Å². The average Bonchev–Trinajstić information content (AvgIpc) is 3.30. The van der Waals surface area contributed by atoms with E-state index >= 15 is 0 Å². The molecule has 4 aromatic rings. The molecule has 0 spiro atoms. The normalized spacial score (nSPS) is 11.6. The molecule has 3 N–H and O–H groups in total. The van der Waals surface area contributed by atoms with E-state index in [2.05, 4.69) is 19.9 Å². The Morgan fingerprint density at radius 2 is 1.93 bits per heavy atom. The van der Waals surface area contributed by atoms with Gasteiger partial charge in [0.2, 0.25) is 0 Å². The van der Waals surface area contributed by atoms with Gasteiger partial charge in [-0.1, -0.05) is 12.1 Å². The second-order valence-corrected chi connectivity index (χ2v) is 7.69. The third-order valence-electron chi connectivity index (χ3n) is 4.14. The minimum Gasteiger partial charge on any atom is -0.366 e. The number of pyridine rings is 1. The van der Waals surface area contributed by atoms with E-state index in [-0.39, 0.29) is 10.5 Å². The number of hydrogen-bond acceptors (Lipinski definition) is 6. The summed E-state index contributed by atoms with van der Waals surface area (Å²) in [5.74, 6) is -0.265. The van der Waals surface area contributed by atoms with Gasteiger partial charge in [0, 0.05) is 24.8 Å². The molecule has 0 bridgehead atoms. The fraction of sp³-hybridized carbons (Fsp3) is 0.0588. The molecule has 0 radical (unpaired) electrons. The first-order chi connectivity index (χ1) is 13.3. The van der Waals surface area contributed by atoms with Crippen molar-refractivity contribution in [1.29, 1.82) is 0 Å². The van der Waals surface area contributed by atoms with Crippen LogP contribution in [0, 0.1) is 0 Å². The van der Waals surface area contributed by atoms with Crippen LogP contribution in [0.2, 0.25) is 0 Å². The number of amides is 1. The van der Waals surface area contributed by atoms with Crippen LogP contribution in [-0.4, -0.2) is 38.9 Å². The van der Waals surface area contributed by atoms with Gasteiger partial charge in [0.15, 0.2) is 5.82 Å². The van der Waals surface area contributed by atoms with Crippen molar-refractivity contribution in [3.63, 3.8) is 0 Å². The Morgan fingerprint density at radius 1 is 1.11 bits per heavy atom. The maximum Gasteiger partial charge on any atom is 0.263 e. The lowest BCUT2D eigenvalue weighted by Gasteiger charge is -2.10. The van der Waals surface area contributed by atoms with Crippen molar-refractivity contribution in [2.45, 2.75) is 4.90 Å². The molecule has 0 fully saturated rings. The first kappa shape index (κ1) is 17.7. The molecule has 3 heterocycles. The zero-order valence-electron chi connectivity index (χ0n) is 14.6. The summed E-state index contributed by atoms with van der Waals surface area (Å²) in [7, 11) is -2.13. The smallest absolute Gasteiger partial charge is 0.263 e. The number of rotatable bonds is 5. The molecular weight excluding hydrogens is 382 g/mol. The first-order valence-electron chi connectivity index (χ1n) is 8.09. The molecule has 142 valence electrons. The van der Waals surface area contributed by atoms with Crippen molar-refractivity contribution in [3.05, 3.63) is 60.7 Å². The standard InChI is InChI=1S/C17H15N7O3S/c1-23-16-11(7-20-23)3-2-4-14(16)22-28(26,27)13-5-6-15(19-9-13)24-10-12(8-21-24)17(18)25/h2-10,22H,1H3,(H2,18,25). The lowest BCUT2D eigenvalue weighted by molar-refractivity contribution is 0.100. The SMILES string of the molecule is Cn1ncc2cccc(NS(=O)(=O)c3ccc(-n4cc(C(N)=O)cn4)nc3)c21. The molecule has 0 aliphatic carbocycles. The summed E-state index contributed by atoms with van der Waals surface area (Å²) in [4.78, 5) is 15.3. The molecule has 4 rings (SSSR count). The second kappa shape index (κ2) is 6.46. The van der Waals surface area contributed by atoms with Crippen molar-refractivity contribution in [3.8, 4) is 5.82 Å². The van der Waals surface area contributed by atoms with Crippen LogP contribution in [0.4, 0.5) is 5.69 Å². The average molecular weight is 397 g/mol. The number of aryl methyl sites for hydroxylation is 1. The van der Waals surface area contributed by atoms with Gasteiger partial charge in [0.25, 0.3) is 15.9 Å². The Labute approximate surface area is 159 Å². The highest BCUT2D eigenvalue weighted by molar-refractivity contribution is 7.92. The highest BCUT2D eigenvalue weighted by Crippen LogP contribution is 2.25. The van der Waals surface area contributed by atoms with Crippen LogP contribution in [0.5, 0.6) is 0 Å². The number of para-hydroxylation sites is 1. The number of sulfonamides is 1. The van der Waals surface area contributed by atoms with Crippen LogP contribution in [0.1, 0.15) is 10.4 Å². The minimum atomic E-state index is -3.86. The van der Waals surface area contributed by atoms with Gasteiger partial charge in [-0.15, -0.1) is 0 Å². The third-order valence-corrected chi connectivity index (χ3v) is 5.49. The summed E-state index contributed by atoms with van der Waals surface area (Å²) in [5, 5.41) is 8.95. The fourth-order valence-corrected chi connectivity index (χ4v) is 3.77. The highest BCUT2D eigenvalue weighted by atomic mass is 32.2. The molecule has 1 aromatic carbocycles. The number of hydrogen-bond donors (Lipinski definition) is 2. The van der Waals surface area contributed by atoms with Crippen molar-refractivity contribution >= 4 is 32.5 Å². The van der Waals surface area contributed by atoms with E-state index in [1.165, 1.54) is 35.4 Å². The van der Waals surface area contributed by atoms with Gasteiger partial charge in [-0.05, 0) is 18.2 Å². The molecular formula is C17H15N7O3S. The summed E-state index contributed by atoms with van der Waals surface area (Å²) < 4.78 is 31.0. The molecule has 3 aromatic heterocycles. The Balaban J connectivity index is 1.64. The summed E-state index contributed by atoms with van der Waals surface area (Å²) >= 11 is 0. The molecule has 28 heavy (non-hydrogen) atoms. The van der Waals surface area contributed by atoms with Crippen molar-refractivity contribution in [2.75, 3.05) is 4.72 Å². The largest absolute Gasteiger partial charge is 0.366 e. The quantitative estimate of drug-likeness (QED) is 0.516. The Kier molecular flexibility index (Phi) is 4.08. The maximum atomic E-state index is 12.8. The summed E-state index contributed by atoms with van der Waals surface area (Å²) in [5.41, 5.74) is 6.51. The van der Waals surface area contributed by atoms with E-state index in [9.17, 15) is 13.2 Å². The zero-order chi connectivity index (χ0) is 19.9. The molecule has 1 amide bonds. The minimum absolute atomic E-state index is 0.0160. The van der Waals surface area contributed by atoms with Crippen molar-refractivity contribution in [2.24, 2.45) is 12.8 Å². The predicted molar refractivity (Wildman–Crippen MR) is 101 cm³/mol. The van der Waals surface area contributed by atoms with Gasteiger partial charge in [0.1, 0.15) is 4.90 Å². The molecule has 0 saturated carbocycles. The molecule has 0 atom stereocenters. The summed E-state index contributed by atoms with van der Waals surface area (Å²) in [6.07, 6.45) is 5.60. The van der Waals surface area contributed by atoms with E-state index in [0.717, 1.165) is 5.39 Å². The second-order valence-electron chi connectivity index (χ2n) is 6.01. The van der Waals surface area contributed by atoms with Gasteiger partial charge < -0.3 is 5.73 Å². The molecule has 10 nitrogen and oxygen atoms in total. The number of carbonyl (C=O) groups is 1. The molecule has 0 saturated heterocycles. The van der Waals surface area contributed by atoms with E-state index in [1.807, 2.05) is 6.07 Å². The number of aromatic nitrogens is 5. The lowest BCUT2D eigenvalue weighted by Crippen LogP contribution is -2.14. The Morgan fingerprint density at radius 3 is 2.61 bits per heavy atom. The zero-order valence-corrected chi connectivity index (χ0v) is 15.5. The van der Waals surface area contributed by atoms with Crippen LogP contribution in [0.25, 0.3) is 16.7 Å². The number of primary amides is 1. The molecule has 0 aliphatic rings. The number of fused-ring (bicyclic) bond motifs is 1. The van der Waals surface area contributed by atoms with E-state index < -0.39 is 15.9 Å². The summed E-state index contributed by atoms with van der Waals surface area (Å²) in [6.45, 7) is 0. The molecule has 11 heteroatoms. The number of benzene rings is 1. The number of anilines is 1. The number of carbonyl (C=O) groups excluding carboxylic acids is 1. The third kappa shape index (κ3) is 3.07. The van der Waals surface area contributed by atoms with E-state index in [0.29, 0.717) is 17.0 Å². The predicted octanol–water partition coefficient (Wildman–Crippen LogP) is 1.05. The Bertz CT molecular complexity index is 1290. The van der Waals surface area contributed by atoms with Gasteiger partial charge in [-0.25, -0.2) is 18.1 Å². The molecule has 0 unspecified atom stereocenters. The lowest BCUT2D eigenvalue weighted by atomic mass is 10.2. The number of nitrogens with one attached hydrogen (secondary N) is 1. The molecule has 0 aliphatic heterocycles. The van der Waals surface area contributed by atoms with Crippen LogP contribution < -0.4 is 10.5 Å².